The molecule has 4 heteroatoms. The highest BCUT2D eigenvalue weighted by Gasteiger charge is 2.60. The first-order valence-electron chi connectivity index (χ1n) is 6.13. The number of nitrogens with two attached hydrogens (primary N) is 1. The third-order valence-electron chi connectivity index (χ3n) is 5.00. The second-order valence-electron chi connectivity index (χ2n) is 6.36. The van der Waals surface area contributed by atoms with Crippen LogP contribution in [0.5, 0.6) is 0 Å². The maximum absolute atomic E-state index is 11.1. The van der Waals surface area contributed by atoms with Crippen LogP contribution >= 0.6 is 0 Å². The Kier molecular flexibility index (Phi) is 1.97. The van der Waals surface area contributed by atoms with E-state index in [1.54, 1.807) is 0 Å². The Bertz CT molecular complexity index is 327. The molecule has 4 aliphatic rings. The summed E-state index contributed by atoms with van der Waals surface area (Å²) in [4.78, 5) is 11.1. The van der Waals surface area contributed by atoms with Crippen molar-refractivity contribution in [2.75, 3.05) is 0 Å². The van der Waals surface area contributed by atoms with Crippen molar-refractivity contribution in [3.63, 3.8) is 0 Å². The summed E-state index contributed by atoms with van der Waals surface area (Å²) in [5.74, 6) is 0.0823. The number of carboxylic acid groups (broad SMARTS) is 1. The molecule has 0 aromatic heterocycles. The second kappa shape index (κ2) is 2.99. The van der Waals surface area contributed by atoms with Crippen molar-refractivity contribution in [2.45, 2.75) is 50.2 Å². The van der Waals surface area contributed by atoms with Gasteiger partial charge in [-0.2, -0.15) is 0 Å². The van der Waals surface area contributed by atoms with E-state index in [4.69, 9.17) is 10.8 Å². The molecule has 0 radical (unpaired) electrons. The van der Waals surface area contributed by atoms with Crippen LogP contribution in [0.2, 0.25) is 0 Å². The SMILES string of the molecule is N[C@H](C(=O)O)C12C[C@@H]3C[C@H](CC(O)(C3)C1)C2. The zero-order valence-electron chi connectivity index (χ0n) is 9.35. The summed E-state index contributed by atoms with van der Waals surface area (Å²) in [5, 5.41) is 19.6. The number of carbonyl (C=O) groups is 1. The second-order valence-corrected chi connectivity index (χ2v) is 6.36. The molecule has 4 nitrogen and oxygen atoms in total. The van der Waals surface area contributed by atoms with Crippen LogP contribution in [0.15, 0.2) is 0 Å². The van der Waals surface area contributed by atoms with E-state index < -0.39 is 17.6 Å². The Labute approximate surface area is 94.8 Å². The Balaban J connectivity index is 1.94. The predicted molar refractivity (Wildman–Crippen MR) is 57.7 cm³/mol. The maximum atomic E-state index is 11.1. The van der Waals surface area contributed by atoms with Crippen LogP contribution in [-0.4, -0.2) is 27.8 Å². The van der Waals surface area contributed by atoms with Gasteiger partial charge in [0.1, 0.15) is 6.04 Å². The van der Waals surface area contributed by atoms with E-state index >= 15 is 0 Å². The number of hydrogen-bond donors (Lipinski definition) is 3. The van der Waals surface area contributed by atoms with Crippen molar-refractivity contribution in [2.24, 2.45) is 23.0 Å². The minimum atomic E-state index is -0.912. The molecule has 3 atom stereocenters. The average Bonchev–Trinajstić information content (AvgIpc) is 2.12. The van der Waals surface area contributed by atoms with Gasteiger partial charge in [0, 0.05) is 0 Å². The molecule has 4 bridgehead atoms. The van der Waals surface area contributed by atoms with Crippen LogP contribution in [0, 0.1) is 17.3 Å². The lowest BCUT2D eigenvalue weighted by atomic mass is 9.46. The summed E-state index contributed by atoms with van der Waals surface area (Å²) in [6, 6.07) is -0.801. The predicted octanol–water partition coefficient (Wildman–Crippen LogP) is 0.730. The average molecular weight is 225 g/mol. The van der Waals surface area contributed by atoms with E-state index in [9.17, 15) is 9.90 Å². The molecule has 4 rings (SSSR count). The van der Waals surface area contributed by atoms with Gasteiger partial charge in [0.25, 0.3) is 0 Å². The third-order valence-corrected chi connectivity index (χ3v) is 5.00. The lowest BCUT2D eigenvalue weighted by Crippen LogP contribution is -2.62. The summed E-state index contributed by atoms with van der Waals surface area (Å²) in [7, 11) is 0. The minimum absolute atomic E-state index is 0.329. The molecule has 4 fully saturated rings. The molecule has 0 aromatic rings. The highest BCUT2D eigenvalue weighted by atomic mass is 16.4. The van der Waals surface area contributed by atoms with Crippen molar-refractivity contribution in [1.82, 2.24) is 0 Å². The standard InChI is InChI=1S/C12H19NO3/c13-9(10(14)15)11-2-7-1-8(3-11)5-12(16,4-7)6-11/h7-9,16H,1-6,13H2,(H,14,15)/t7-,8-,9+,11?,12?/m0/s1. The molecule has 16 heavy (non-hydrogen) atoms. The third kappa shape index (κ3) is 1.32. The van der Waals surface area contributed by atoms with Crippen molar-refractivity contribution in [3.8, 4) is 0 Å². The fourth-order valence-electron chi connectivity index (χ4n) is 4.91. The van der Waals surface area contributed by atoms with E-state index in [1.165, 1.54) is 0 Å². The van der Waals surface area contributed by atoms with Crippen LogP contribution in [0.4, 0.5) is 0 Å². The van der Waals surface area contributed by atoms with Crippen molar-refractivity contribution in [1.29, 1.82) is 0 Å². The molecule has 0 unspecified atom stereocenters. The molecule has 0 saturated heterocycles. The summed E-state index contributed by atoms with van der Waals surface area (Å²) in [5.41, 5.74) is 4.92. The zero-order valence-corrected chi connectivity index (χ0v) is 9.35. The van der Waals surface area contributed by atoms with Crippen LogP contribution in [0.3, 0.4) is 0 Å². The first-order valence-corrected chi connectivity index (χ1v) is 6.13. The largest absolute Gasteiger partial charge is 0.480 e. The molecule has 4 saturated carbocycles. The number of rotatable bonds is 2. The van der Waals surface area contributed by atoms with Crippen LogP contribution in [-0.2, 0) is 4.79 Å². The monoisotopic (exact) mass is 225 g/mol. The smallest absolute Gasteiger partial charge is 0.321 e. The van der Waals surface area contributed by atoms with Gasteiger partial charge in [-0.05, 0) is 55.8 Å². The van der Waals surface area contributed by atoms with Crippen molar-refractivity contribution < 1.29 is 15.0 Å². The Morgan fingerprint density at radius 3 is 2.25 bits per heavy atom. The Morgan fingerprint density at radius 1 is 1.25 bits per heavy atom. The van der Waals surface area contributed by atoms with Gasteiger partial charge in [-0.3, -0.25) is 4.79 Å². The van der Waals surface area contributed by atoms with Gasteiger partial charge in [0.15, 0.2) is 0 Å². The van der Waals surface area contributed by atoms with E-state index in [-0.39, 0.29) is 5.41 Å². The summed E-state index contributed by atoms with van der Waals surface area (Å²) < 4.78 is 0. The van der Waals surface area contributed by atoms with Gasteiger partial charge in [-0.25, -0.2) is 0 Å². The lowest BCUT2D eigenvalue weighted by molar-refractivity contribution is -0.179. The summed E-state index contributed by atoms with van der Waals surface area (Å²) >= 11 is 0. The van der Waals surface area contributed by atoms with Gasteiger partial charge in [-0.15, -0.1) is 0 Å². The van der Waals surface area contributed by atoms with E-state index in [0.717, 1.165) is 32.1 Å². The molecular weight excluding hydrogens is 206 g/mol. The molecule has 0 spiro atoms. The van der Waals surface area contributed by atoms with Crippen molar-refractivity contribution in [3.05, 3.63) is 0 Å². The molecule has 0 aliphatic heterocycles. The van der Waals surface area contributed by atoms with Gasteiger partial charge in [0.2, 0.25) is 0 Å². The maximum Gasteiger partial charge on any atom is 0.321 e. The highest BCUT2D eigenvalue weighted by molar-refractivity contribution is 5.74. The van der Waals surface area contributed by atoms with Crippen LogP contribution in [0.25, 0.3) is 0 Å². The molecular formula is C12H19NO3. The van der Waals surface area contributed by atoms with E-state index in [2.05, 4.69) is 0 Å². The van der Waals surface area contributed by atoms with Crippen molar-refractivity contribution >= 4 is 5.97 Å². The minimum Gasteiger partial charge on any atom is -0.480 e. The number of aliphatic carboxylic acids is 1. The fraction of sp³-hybridized carbons (Fsp3) is 0.917. The van der Waals surface area contributed by atoms with E-state index in [0.29, 0.717) is 18.3 Å². The normalized spacial score (nSPS) is 51.6. The summed E-state index contributed by atoms with van der Waals surface area (Å²) in [6.45, 7) is 0. The fourth-order valence-corrected chi connectivity index (χ4v) is 4.91. The molecule has 4 N–H and O–H groups in total. The van der Waals surface area contributed by atoms with Gasteiger partial charge < -0.3 is 15.9 Å². The van der Waals surface area contributed by atoms with Gasteiger partial charge in [0.05, 0.1) is 5.60 Å². The van der Waals surface area contributed by atoms with Crippen LogP contribution in [0.1, 0.15) is 38.5 Å². The molecule has 4 aliphatic carbocycles. The quantitative estimate of drug-likeness (QED) is 0.647. The molecule has 90 valence electrons. The number of aliphatic hydroxyl groups is 1. The zero-order chi connectivity index (χ0) is 11.6. The first kappa shape index (κ1) is 10.5. The van der Waals surface area contributed by atoms with Gasteiger partial charge in [-0.1, -0.05) is 0 Å². The van der Waals surface area contributed by atoms with Crippen LogP contribution < -0.4 is 5.73 Å². The number of carboxylic acids is 1. The Hall–Kier alpha value is -0.610. The lowest BCUT2D eigenvalue weighted by Gasteiger charge is -2.61. The van der Waals surface area contributed by atoms with E-state index in [1.807, 2.05) is 0 Å². The van der Waals surface area contributed by atoms with Gasteiger partial charge >= 0.3 is 5.97 Å². The molecule has 0 amide bonds. The molecule has 0 heterocycles. The first-order chi connectivity index (χ1) is 7.42. The molecule has 0 aromatic carbocycles. The highest BCUT2D eigenvalue weighted by Crippen LogP contribution is 2.62. The topological polar surface area (TPSA) is 83.6 Å². The summed E-state index contributed by atoms with van der Waals surface area (Å²) in [6.07, 6.45) is 5.28. The Morgan fingerprint density at radius 2 is 1.81 bits per heavy atom. The number of hydrogen-bond acceptors (Lipinski definition) is 3.